The Morgan fingerprint density at radius 2 is 1.71 bits per heavy atom. The van der Waals surface area contributed by atoms with E-state index in [9.17, 15) is 8.78 Å². The lowest BCUT2D eigenvalue weighted by atomic mass is 10.2. The molecule has 1 aliphatic rings. The maximum atomic E-state index is 13.8. The lowest BCUT2D eigenvalue weighted by Crippen LogP contribution is -2.46. The number of hydrogen-bond acceptors (Lipinski definition) is 5. The third kappa shape index (κ3) is 4.43. The topological polar surface area (TPSA) is 44.3 Å². The van der Waals surface area contributed by atoms with Crippen LogP contribution in [-0.4, -0.2) is 41.0 Å². The summed E-state index contributed by atoms with van der Waals surface area (Å²) in [6.45, 7) is 4.53. The Morgan fingerprint density at radius 1 is 0.929 bits per heavy atom. The minimum absolute atomic E-state index is 0.145. The molecule has 1 fully saturated rings. The highest BCUT2D eigenvalue weighted by molar-refractivity contribution is 5.55. The van der Waals surface area contributed by atoms with E-state index in [4.69, 9.17) is 0 Å². The van der Waals surface area contributed by atoms with Crippen molar-refractivity contribution in [1.82, 2.24) is 14.9 Å². The van der Waals surface area contributed by atoms with Crippen LogP contribution in [0.5, 0.6) is 0 Å². The van der Waals surface area contributed by atoms with Gasteiger partial charge >= 0.3 is 0 Å². The van der Waals surface area contributed by atoms with Gasteiger partial charge in [-0.1, -0.05) is 30.3 Å². The van der Waals surface area contributed by atoms with Crippen molar-refractivity contribution in [3.05, 3.63) is 78.0 Å². The molecular formula is C21H21F2N5. The van der Waals surface area contributed by atoms with E-state index in [1.165, 1.54) is 17.7 Å². The van der Waals surface area contributed by atoms with Crippen LogP contribution in [0.3, 0.4) is 0 Å². The molecule has 144 valence electrons. The van der Waals surface area contributed by atoms with Crippen molar-refractivity contribution in [3.8, 4) is 0 Å². The van der Waals surface area contributed by atoms with Gasteiger partial charge in [-0.15, -0.1) is 0 Å². The van der Waals surface area contributed by atoms with Crippen molar-refractivity contribution in [1.29, 1.82) is 0 Å². The average Bonchev–Trinajstić information content (AvgIpc) is 2.72. The van der Waals surface area contributed by atoms with Crippen molar-refractivity contribution in [2.75, 3.05) is 36.4 Å². The van der Waals surface area contributed by atoms with Crippen LogP contribution in [0.15, 0.2) is 60.8 Å². The van der Waals surface area contributed by atoms with Crippen LogP contribution < -0.4 is 10.2 Å². The Balaban J connectivity index is 1.38. The van der Waals surface area contributed by atoms with E-state index in [0.717, 1.165) is 44.6 Å². The van der Waals surface area contributed by atoms with Gasteiger partial charge in [0.2, 0.25) is 5.95 Å². The number of aromatic nitrogens is 2. The molecule has 0 saturated carbocycles. The average molecular weight is 381 g/mol. The summed E-state index contributed by atoms with van der Waals surface area (Å²) in [6.07, 6.45) is 1.64. The molecule has 0 radical (unpaired) electrons. The molecule has 0 atom stereocenters. The Kier molecular flexibility index (Phi) is 5.43. The Hall–Kier alpha value is -3.06. The summed E-state index contributed by atoms with van der Waals surface area (Å²) in [5.74, 6) is -0.219. The van der Waals surface area contributed by atoms with Gasteiger partial charge in [0.05, 0.1) is 5.69 Å². The first kappa shape index (κ1) is 18.3. The molecule has 5 nitrogen and oxygen atoms in total. The fraction of sp³-hybridized carbons (Fsp3) is 0.238. The SMILES string of the molecule is Fc1ccc(Nc2nccc(N3CCN(Cc4ccccc4)CC3)n2)c(F)c1. The summed E-state index contributed by atoms with van der Waals surface area (Å²) in [5.41, 5.74) is 1.46. The summed E-state index contributed by atoms with van der Waals surface area (Å²) >= 11 is 0. The fourth-order valence-electron chi connectivity index (χ4n) is 3.27. The van der Waals surface area contributed by atoms with Gasteiger partial charge in [-0.2, -0.15) is 4.98 Å². The second-order valence-electron chi connectivity index (χ2n) is 6.74. The minimum Gasteiger partial charge on any atom is -0.354 e. The number of hydrogen-bond donors (Lipinski definition) is 1. The van der Waals surface area contributed by atoms with Crippen molar-refractivity contribution in [2.45, 2.75) is 6.54 Å². The van der Waals surface area contributed by atoms with E-state index in [0.29, 0.717) is 0 Å². The lowest BCUT2D eigenvalue weighted by Gasteiger charge is -2.35. The van der Waals surface area contributed by atoms with Gasteiger partial charge in [-0.25, -0.2) is 13.8 Å². The monoisotopic (exact) mass is 381 g/mol. The fourth-order valence-corrected chi connectivity index (χ4v) is 3.27. The number of rotatable bonds is 5. The van der Waals surface area contributed by atoms with Gasteiger partial charge in [0, 0.05) is 45.0 Å². The molecule has 2 aromatic carbocycles. The van der Waals surface area contributed by atoms with Crippen LogP contribution in [0.2, 0.25) is 0 Å². The predicted octanol–water partition coefficient (Wildman–Crippen LogP) is 3.82. The normalized spacial score (nSPS) is 14.9. The van der Waals surface area contributed by atoms with Gasteiger partial charge in [0.1, 0.15) is 17.5 Å². The smallest absolute Gasteiger partial charge is 0.229 e. The molecule has 1 saturated heterocycles. The van der Waals surface area contributed by atoms with Gasteiger partial charge in [0.15, 0.2) is 0 Å². The van der Waals surface area contributed by atoms with E-state index in [-0.39, 0.29) is 11.6 Å². The third-order valence-electron chi connectivity index (χ3n) is 4.76. The second kappa shape index (κ2) is 8.31. The lowest BCUT2D eigenvalue weighted by molar-refractivity contribution is 0.249. The molecule has 1 aromatic heterocycles. The minimum atomic E-state index is -0.677. The maximum absolute atomic E-state index is 13.8. The molecule has 3 aromatic rings. The Bertz CT molecular complexity index is 927. The molecule has 1 aliphatic heterocycles. The molecule has 2 heterocycles. The highest BCUT2D eigenvalue weighted by Crippen LogP contribution is 2.21. The second-order valence-corrected chi connectivity index (χ2v) is 6.74. The van der Waals surface area contributed by atoms with Gasteiger partial charge < -0.3 is 10.2 Å². The van der Waals surface area contributed by atoms with Crippen LogP contribution in [0.4, 0.5) is 26.2 Å². The quantitative estimate of drug-likeness (QED) is 0.728. The summed E-state index contributed by atoms with van der Waals surface area (Å²) in [7, 11) is 0. The van der Waals surface area contributed by atoms with Gasteiger partial charge in [0.25, 0.3) is 0 Å². The highest BCUT2D eigenvalue weighted by Gasteiger charge is 2.18. The molecule has 0 aliphatic carbocycles. The molecule has 0 bridgehead atoms. The van der Waals surface area contributed by atoms with Crippen LogP contribution in [0.25, 0.3) is 0 Å². The first-order valence-corrected chi connectivity index (χ1v) is 9.24. The highest BCUT2D eigenvalue weighted by atomic mass is 19.1. The van der Waals surface area contributed by atoms with Crippen molar-refractivity contribution >= 4 is 17.5 Å². The molecule has 0 amide bonds. The van der Waals surface area contributed by atoms with Crippen LogP contribution in [-0.2, 0) is 6.54 Å². The van der Waals surface area contributed by atoms with E-state index in [1.807, 2.05) is 12.1 Å². The van der Waals surface area contributed by atoms with Crippen molar-refractivity contribution < 1.29 is 8.78 Å². The summed E-state index contributed by atoms with van der Waals surface area (Å²) in [6, 6.07) is 15.6. The largest absolute Gasteiger partial charge is 0.354 e. The Labute approximate surface area is 162 Å². The molecule has 1 N–H and O–H groups in total. The van der Waals surface area contributed by atoms with Crippen LogP contribution >= 0.6 is 0 Å². The number of nitrogens with one attached hydrogen (secondary N) is 1. The summed E-state index contributed by atoms with van der Waals surface area (Å²) in [5, 5.41) is 2.82. The first-order chi connectivity index (χ1) is 13.7. The molecule has 0 unspecified atom stereocenters. The molecular weight excluding hydrogens is 360 g/mol. The Morgan fingerprint density at radius 3 is 2.46 bits per heavy atom. The first-order valence-electron chi connectivity index (χ1n) is 9.24. The number of benzene rings is 2. The van der Waals surface area contributed by atoms with Gasteiger partial charge in [-0.3, -0.25) is 4.90 Å². The molecule has 0 spiro atoms. The molecule has 28 heavy (non-hydrogen) atoms. The third-order valence-corrected chi connectivity index (χ3v) is 4.76. The zero-order valence-electron chi connectivity index (χ0n) is 15.4. The maximum Gasteiger partial charge on any atom is 0.229 e. The van der Waals surface area contributed by atoms with Crippen LogP contribution in [0.1, 0.15) is 5.56 Å². The summed E-state index contributed by atoms with van der Waals surface area (Å²) in [4.78, 5) is 13.2. The van der Waals surface area contributed by atoms with E-state index in [2.05, 4.69) is 49.4 Å². The number of halogens is 2. The standard InChI is InChI=1S/C21H21F2N5/c22-17-6-7-19(18(23)14-17)25-21-24-9-8-20(26-21)28-12-10-27(11-13-28)15-16-4-2-1-3-5-16/h1-9,14H,10-13,15H2,(H,24,25,26). The van der Waals surface area contributed by atoms with Crippen molar-refractivity contribution in [2.24, 2.45) is 0 Å². The van der Waals surface area contributed by atoms with E-state index >= 15 is 0 Å². The van der Waals surface area contributed by atoms with Gasteiger partial charge in [-0.05, 0) is 23.8 Å². The zero-order chi connectivity index (χ0) is 19.3. The van der Waals surface area contributed by atoms with E-state index < -0.39 is 11.6 Å². The molecule has 4 rings (SSSR count). The summed E-state index contributed by atoms with van der Waals surface area (Å²) < 4.78 is 26.9. The zero-order valence-corrected chi connectivity index (χ0v) is 15.4. The number of anilines is 3. The van der Waals surface area contributed by atoms with Crippen molar-refractivity contribution in [3.63, 3.8) is 0 Å². The molecule has 7 heteroatoms. The number of piperazine rings is 1. The predicted molar refractivity (Wildman–Crippen MR) is 106 cm³/mol. The van der Waals surface area contributed by atoms with Crippen LogP contribution in [0, 0.1) is 11.6 Å². The number of nitrogens with zero attached hydrogens (tertiary/aromatic N) is 4. The van der Waals surface area contributed by atoms with E-state index in [1.54, 1.807) is 6.20 Å².